The molecule has 0 saturated heterocycles. The van der Waals surface area contributed by atoms with Gasteiger partial charge in [0.2, 0.25) is 5.91 Å². The number of nitrogens with zero attached hydrogens (tertiary/aromatic N) is 1. The highest BCUT2D eigenvalue weighted by atomic mass is 32.2. The highest BCUT2D eigenvalue weighted by Crippen LogP contribution is 2.27. The molecule has 0 spiro atoms. The number of hydrogen-bond acceptors (Lipinski definition) is 3. The van der Waals surface area contributed by atoms with Gasteiger partial charge in [0.1, 0.15) is 6.54 Å². The molecule has 0 atom stereocenters. The molecule has 0 fully saturated rings. The van der Waals surface area contributed by atoms with Crippen LogP contribution >= 0.6 is 0 Å². The zero-order valence-corrected chi connectivity index (χ0v) is 17.4. The quantitative estimate of drug-likeness (QED) is 0.784. The number of carbonyl (C=O) groups is 1. The minimum atomic E-state index is -3.88. The molecule has 0 aliphatic heterocycles. The van der Waals surface area contributed by atoms with Gasteiger partial charge in [0.05, 0.1) is 10.6 Å². The van der Waals surface area contributed by atoms with Gasteiger partial charge in [0.15, 0.2) is 0 Å². The number of nitrogens with one attached hydrogen (secondary N) is 1. The van der Waals surface area contributed by atoms with E-state index in [0.29, 0.717) is 5.69 Å². The van der Waals surface area contributed by atoms with Gasteiger partial charge in [-0.15, -0.1) is 0 Å². The minimum absolute atomic E-state index is 0.161. The number of sulfonamides is 1. The summed E-state index contributed by atoms with van der Waals surface area (Å²) >= 11 is 0. The van der Waals surface area contributed by atoms with Gasteiger partial charge >= 0.3 is 0 Å². The Bertz CT molecular complexity index is 906. The number of carbonyl (C=O) groups excluding carboxylic acids is 1. The van der Waals surface area contributed by atoms with E-state index >= 15 is 0 Å². The molecule has 146 valence electrons. The highest BCUT2D eigenvalue weighted by Gasteiger charge is 2.29. The second-order valence-corrected chi connectivity index (χ2v) is 9.26. The van der Waals surface area contributed by atoms with Crippen LogP contribution in [-0.4, -0.2) is 26.4 Å². The standard InChI is InChI=1S/C21H28N2O3S/c1-6-21(4,5)22-20(24)15-23(19-14-16(2)12-13-17(19)3)27(25,26)18-10-8-7-9-11-18/h7-14H,6,15H2,1-5H3,(H,22,24). The summed E-state index contributed by atoms with van der Waals surface area (Å²) in [5.41, 5.74) is 1.84. The lowest BCUT2D eigenvalue weighted by atomic mass is 10.0. The largest absolute Gasteiger partial charge is 0.350 e. The maximum atomic E-state index is 13.3. The summed E-state index contributed by atoms with van der Waals surface area (Å²) in [5, 5.41) is 2.92. The Kier molecular flexibility index (Phi) is 6.31. The van der Waals surface area contributed by atoms with Crippen LogP contribution in [-0.2, 0) is 14.8 Å². The SMILES string of the molecule is CCC(C)(C)NC(=O)CN(c1cc(C)ccc1C)S(=O)(=O)c1ccccc1. The average Bonchev–Trinajstić information content (AvgIpc) is 2.62. The molecular formula is C21H28N2O3S. The van der Waals surface area contributed by atoms with Crippen LogP contribution in [0.5, 0.6) is 0 Å². The molecule has 2 rings (SSSR count). The van der Waals surface area contributed by atoms with Crippen molar-refractivity contribution >= 4 is 21.6 Å². The third kappa shape index (κ3) is 5.10. The number of hydrogen-bond donors (Lipinski definition) is 1. The molecule has 6 heteroatoms. The fourth-order valence-electron chi connectivity index (χ4n) is 2.64. The lowest BCUT2D eigenvalue weighted by molar-refractivity contribution is -0.121. The van der Waals surface area contributed by atoms with E-state index in [4.69, 9.17) is 0 Å². The molecule has 0 aliphatic carbocycles. The van der Waals surface area contributed by atoms with Gasteiger partial charge in [-0.2, -0.15) is 0 Å². The van der Waals surface area contributed by atoms with Crippen molar-refractivity contribution in [2.45, 2.75) is 51.5 Å². The molecule has 1 N–H and O–H groups in total. The Morgan fingerprint density at radius 2 is 1.70 bits per heavy atom. The lowest BCUT2D eigenvalue weighted by Crippen LogP contribution is -2.48. The highest BCUT2D eigenvalue weighted by molar-refractivity contribution is 7.92. The van der Waals surface area contributed by atoms with Crippen LogP contribution in [0, 0.1) is 13.8 Å². The molecule has 2 aromatic carbocycles. The predicted molar refractivity (Wildman–Crippen MR) is 109 cm³/mol. The summed E-state index contributed by atoms with van der Waals surface area (Å²) in [6.07, 6.45) is 0.744. The van der Waals surface area contributed by atoms with Crippen molar-refractivity contribution in [1.82, 2.24) is 5.32 Å². The number of rotatable bonds is 7. The third-order valence-electron chi connectivity index (χ3n) is 4.61. The fourth-order valence-corrected chi connectivity index (χ4v) is 4.14. The monoisotopic (exact) mass is 388 g/mol. The van der Waals surface area contributed by atoms with E-state index in [-0.39, 0.29) is 17.3 Å². The lowest BCUT2D eigenvalue weighted by Gasteiger charge is -2.29. The molecule has 5 nitrogen and oxygen atoms in total. The maximum absolute atomic E-state index is 13.3. The Balaban J connectivity index is 2.50. The van der Waals surface area contributed by atoms with E-state index < -0.39 is 15.6 Å². The molecular weight excluding hydrogens is 360 g/mol. The smallest absolute Gasteiger partial charge is 0.264 e. The molecule has 0 aliphatic rings. The van der Waals surface area contributed by atoms with Crippen molar-refractivity contribution in [3.63, 3.8) is 0 Å². The van der Waals surface area contributed by atoms with Gasteiger partial charge in [-0.1, -0.05) is 37.3 Å². The van der Waals surface area contributed by atoms with Crippen molar-refractivity contribution in [1.29, 1.82) is 0 Å². The zero-order valence-electron chi connectivity index (χ0n) is 16.6. The summed E-state index contributed by atoms with van der Waals surface area (Å²) < 4.78 is 27.8. The number of aryl methyl sites for hydroxylation is 2. The summed E-state index contributed by atoms with van der Waals surface area (Å²) in [6.45, 7) is 9.28. The van der Waals surface area contributed by atoms with Gasteiger partial charge < -0.3 is 5.32 Å². The van der Waals surface area contributed by atoms with Gasteiger partial charge in [-0.05, 0) is 63.4 Å². The maximum Gasteiger partial charge on any atom is 0.264 e. The molecule has 27 heavy (non-hydrogen) atoms. The first-order valence-corrected chi connectivity index (χ1v) is 10.5. The number of amides is 1. The first-order chi connectivity index (χ1) is 12.6. The number of anilines is 1. The van der Waals surface area contributed by atoms with Crippen LogP contribution < -0.4 is 9.62 Å². The Morgan fingerprint density at radius 1 is 1.07 bits per heavy atom. The van der Waals surface area contributed by atoms with E-state index in [9.17, 15) is 13.2 Å². The summed E-state index contributed by atoms with van der Waals surface area (Å²) in [4.78, 5) is 12.8. The summed E-state index contributed by atoms with van der Waals surface area (Å²) in [7, 11) is -3.88. The third-order valence-corrected chi connectivity index (χ3v) is 6.39. The van der Waals surface area contributed by atoms with E-state index in [0.717, 1.165) is 17.5 Å². The molecule has 0 aromatic heterocycles. The molecule has 0 heterocycles. The van der Waals surface area contributed by atoms with E-state index in [2.05, 4.69) is 5.32 Å². The predicted octanol–water partition coefficient (Wildman–Crippen LogP) is 3.80. The molecule has 0 saturated carbocycles. The second-order valence-electron chi connectivity index (χ2n) is 7.40. The Hall–Kier alpha value is -2.34. The first kappa shape index (κ1) is 21.0. The van der Waals surface area contributed by atoms with Crippen LogP contribution in [0.4, 0.5) is 5.69 Å². The van der Waals surface area contributed by atoms with Crippen molar-refractivity contribution < 1.29 is 13.2 Å². The second kappa shape index (κ2) is 8.13. The normalized spacial score (nSPS) is 11.9. The van der Waals surface area contributed by atoms with Crippen LogP contribution in [0.3, 0.4) is 0 Å². The molecule has 0 radical (unpaired) electrons. The average molecular weight is 389 g/mol. The van der Waals surface area contributed by atoms with Gasteiger partial charge in [0.25, 0.3) is 10.0 Å². The van der Waals surface area contributed by atoms with Crippen molar-refractivity contribution in [2.75, 3.05) is 10.8 Å². The van der Waals surface area contributed by atoms with Gasteiger partial charge in [-0.25, -0.2) is 8.42 Å². The van der Waals surface area contributed by atoms with Crippen molar-refractivity contribution in [3.05, 3.63) is 59.7 Å². The Labute approximate surface area is 162 Å². The van der Waals surface area contributed by atoms with Crippen LogP contribution in [0.2, 0.25) is 0 Å². The minimum Gasteiger partial charge on any atom is -0.350 e. The fraction of sp³-hybridized carbons (Fsp3) is 0.381. The molecule has 0 bridgehead atoms. The van der Waals surface area contributed by atoms with E-state index in [1.165, 1.54) is 4.31 Å². The van der Waals surface area contributed by atoms with E-state index in [1.807, 2.05) is 46.8 Å². The molecule has 0 unspecified atom stereocenters. The zero-order chi connectivity index (χ0) is 20.2. The van der Waals surface area contributed by atoms with Crippen LogP contribution in [0.1, 0.15) is 38.3 Å². The van der Waals surface area contributed by atoms with Gasteiger partial charge in [0, 0.05) is 5.54 Å². The summed E-state index contributed by atoms with van der Waals surface area (Å²) in [6, 6.07) is 13.8. The first-order valence-electron chi connectivity index (χ1n) is 9.03. The molecule has 2 aromatic rings. The Morgan fingerprint density at radius 3 is 2.30 bits per heavy atom. The topological polar surface area (TPSA) is 66.5 Å². The summed E-state index contributed by atoms with van der Waals surface area (Å²) in [5.74, 6) is -0.331. The molecule has 1 amide bonds. The van der Waals surface area contributed by atoms with E-state index in [1.54, 1.807) is 36.4 Å². The van der Waals surface area contributed by atoms with Crippen molar-refractivity contribution in [2.24, 2.45) is 0 Å². The number of benzene rings is 2. The van der Waals surface area contributed by atoms with Crippen molar-refractivity contribution in [3.8, 4) is 0 Å². The van der Waals surface area contributed by atoms with Crippen LogP contribution in [0.15, 0.2) is 53.4 Å². The van der Waals surface area contributed by atoms with Gasteiger partial charge in [-0.3, -0.25) is 9.10 Å². The van der Waals surface area contributed by atoms with Crippen LogP contribution in [0.25, 0.3) is 0 Å².